The molecule has 2 amide bonds. The van der Waals surface area contributed by atoms with E-state index < -0.39 is 0 Å². The number of anilines is 2. The summed E-state index contributed by atoms with van der Waals surface area (Å²) in [6, 6.07) is 11.1. The van der Waals surface area contributed by atoms with Crippen molar-refractivity contribution in [1.29, 1.82) is 0 Å². The molecule has 1 aromatic heterocycles. The topological polar surface area (TPSA) is 71.3 Å². The van der Waals surface area contributed by atoms with Gasteiger partial charge in [0.1, 0.15) is 5.58 Å². The average Bonchev–Trinajstić information content (AvgIpc) is 2.98. The van der Waals surface area contributed by atoms with Crippen molar-refractivity contribution in [3.8, 4) is 0 Å². The molecule has 3 aromatic rings. The first-order valence-electron chi connectivity index (χ1n) is 8.63. The van der Waals surface area contributed by atoms with Gasteiger partial charge in [-0.15, -0.1) is 0 Å². The fourth-order valence-electron chi connectivity index (χ4n) is 2.74. The molecule has 3 rings (SSSR count). The highest BCUT2D eigenvalue weighted by Gasteiger charge is 2.12. The number of hydrogen-bond acceptors (Lipinski definition) is 3. The van der Waals surface area contributed by atoms with Gasteiger partial charge in [0.05, 0.1) is 12.7 Å². The number of carbonyl (C=O) groups excluding carboxylic acids is 2. The largest absolute Gasteiger partial charge is 0.464 e. The van der Waals surface area contributed by atoms with E-state index in [0.717, 1.165) is 22.1 Å². The van der Waals surface area contributed by atoms with Crippen molar-refractivity contribution in [2.45, 2.75) is 33.6 Å². The summed E-state index contributed by atoms with van der Waals surface area (Å²) < 4.78 is 5.58. The number of aryl methyl sites for hydroxylation is 2. The van der Waals surface area contributed by atoms with Gasteiger partial charge in [-0.05, 0) is 61.4 Å². The molecule has 2 aromatic carbocycles. The highest BCUT2D eigenvalue weighted by Crippen LogP contribution is 2.25. The molecule has 0 aliphatic rings. The van der Waals surface area contributed by atoms with E-state index in [1.54, 1.807) is 37.5 Å². The molecule has 0 aliphatic heterocycles. The summed E-state index contributed by atoms with van der Waals surface area (Å²) in [5, 5.41) is 6.62. The maximum Gasteiger partial charge on any atom is 0.228 e. The molecule has 0 saturated heterocycles. The van der Waals surface area contributed by atoms with Crippen LogP contribution < -0.4 is 10.6 Å². The van der Waals surface area contributed by atoms with Gasteiger partial charge in [-0.2, -0.15) is 0 Å². The summed E-state index contributed by atoms with van der Waals surface area (Å²) in [4.78, 5) is 23.7. The van der Waals surface area contributed by atoms with Gasteiger partial charge in [0.2, 0.25) is 11.8 Å². The van der Waals surface area contributed by atoms with Gasteiger partial charge >= 0.3 is 0 Å². The van der Waals surface area contributed by atoms with Crippen LogP contribution in [0.25, 0.3) is 11.0 Å². The fourth-order valence-corrected chi connectivity index (χ4v) is 2.74. The first-order valence-corrected chi connectivity index (χ1v) is 8.63. The summed E-state index contributed by atoms with van der Waals surface area (Å²) in [5.74, 6) is -0.157. The Hall–Kier alpha value is -3.08. The lowest BCUT2D eigenvalue weighted by molar-refractivity contribution is -0.116. The molecule has 0 spiro atoms. The fraction of sp³-hybridized carbons (Fsp3) is 0.238. The first kappa shape index (κ1) is 17.7. The maximum absolute atomic E-state index is 12.4. The van der Waals surface area contributed by atoms with Gasteiger partial charge in [0.15, 0.2) is 0 Å². The predicted molar refractivity (Wildman–Crippen MR) is 103 cm³/mol. The van der Waals surface area contributed by atoms with Gasteiger partial charge in [-0.25, -0.2) is 0 Å². The molecular formula is C21H22N2O3. The molecule has 5 heteroatoms. The summed E-state index contributed by atoms with van der Waals surface area (Å²) in [7, 11) is 0. The minimum absolute atomic E-state index is 0.0425. The summed E-state index contributed by atoms with van der Waals surface area (Å²) in [6.45, 7) is 5.88. The molecule has 2 N–H and O–H groups in total. The Morgan fingerprint density at radius 3 is 2.12 bits per heavy atom. The minimum Gasteiger partial charge on any atom is -0.464 e. The number of rotatable bonds is 5. The van der Waals surface area contributed by atoms with Crippen LogP contribution in [0.1, 0.15) is 30.0 Å². The van der Waals surface area contributed by atoms with Gasteiger partial charge in [0.25, 0.3) is 0 Å². The van der Waals surface area contributed by atoms with Crippen molar-refractivity contribution in [3.05, 3.63) is 59.4 Å². The van der Waals surface area contributed by atoms with Crippen LogP contribution in [0.5, 0.6) is 0 Å². The SMILES string of the molecule is CCC(=O)Nc1ccc(NC(=O)Cc2coc3cc(C)c(C)cc23)cc1. The van der Waals surface area contributed by atoms with E-state index in [1.165, 1.54) is 5.56 Å². The summed E-state index contributed by atoms with van der Waals surface area (Å²) in [5.41, 5.74) is 5.40. The minimum atomic E-state index is -0.115. The highest BCUT2D eigenvalue weighted by atomic mass is 16.3. The predicted octanol–water partition coefficient (Wildman–Crippen LogP) is 4.58. The zero-order valence-corrected chi connectivity index (χ0v) is 15.2. The van der Waals surface area contributed by atoms with Crippen LogP contribution in [-0.4, -0.2) is 11.8 Å². The van der Waals surface area contributed by atoms with Crippen molar-refractivity contribution in [2.75, 3.05) is 10.6 Å². The second-order valence-corrected chi connectivity index (χ2v) is 6.40. The molecule has 26 heavy (non-hydrogen) atoms. The Kier molecular flexibility index (Phi) is 5.07. The monoisotopic (exact) mass is 350 g/mol. The van der Waals surface area contributed by atoms with Crippen molar-refractivity contribution < 1.29 is 14.0 Å². The van der Waals surface area contributed by atoms with Crippen LogP contribution in [0.4, 0.5) is 11.4 Å². The molecule has 1 heterocycles. The first-order chi connectivity index (χ1) is 12.5. The van der Waals surface area contributed by atoms with Crippen molar-refractivity contribution >= 4 is 34.2 Å². The molecule has 134 valence electrons. The van der Waals surface area contributed by atoms with Crippen LogP contribution >= 0.6 is 0 Å². The van der Waals surface area contributed by atoms with E-state index >= 15 is 0 Å². The Morgan fingerprint density at radius 1 is 0.923 bits per heavy atom. The highest BCUT2D eigenvalue weighted by molar-refractivity contribution is 5.96. The maximum atomic E-state index is 12.4. The molecule has 0 atom stereocenters. The van der Waals surface area contributed by atoms with Crippen LogP contribution in [0.3, 0.4) is 0 Å². The van der Waals surface area contributed by atoms with Crippen LogP contribution in [0.15, 0.2) is 47.1 Å². The molecule has 0 aliphatic carbocycles. The Bertz CT molecular complexity index is 955. The molecule has 0 bridgehead atoms. The Morgan fingerprint density at radius 2 is 1.50 bits per heavy atom. The number of amides is 2. The molecular weight excluding hydrogens is 328 g/mol. The van der Waals surface area contributed by atoms with Crippen LogP contribution in [-0.2, 0) is 16.0 Å². The normalized spacial score (nSPS) is 10.7. The standard InChI is InChI=1S/C21H22N2O3/c1-4-20(24)22-16-5-7-17(8-6-16)23-21(25)11-15-12-26-19-10-14(3)13(2)9-18(15)19/h5-10,12H,4,11H2,1-3H3,(H,22,24)(H,23,25). The Balaban J connectivity index is 1.67. The molecule has 0 fully saturated rings. The van der Waals surface area contributed by atoms with Gasteiger partial charge < -0.3 is 15.1 Å². The lowest BCUT2D eigenvalue weighted by Gasteiger charge is -2.07. The third kappa shape index (κ3) is 3.94. The van der Waals surface area contributed by atoms with Gasteiger partial charge in [0, 0.05) is 28.7 Å². The molecule has 5 nitrogen and oxygen atoms in total. The van der Waals surface area contributed by atoms with Crippen LogP contribution in [0.2, 0.25) is 0 Å². The number of benzene rings is 2. The lowest BCUT2D eigenvalue weighted by Crippen LogP contribution is -2.14. The van der Waals surface area contributed by atoms with Gasteiger partial charge in [-0.3, -0.25) is 9.59 Å². The van der Waals surface area contributed by atoms with E-state index in [1.807, 2.05) is 19.9 Å². The number of hydrogen-bond donors (Lipinski definition) is 2. The number of fused-ring (bicyclic) bond motifs is 1. The third-order valence-corrected chi connectivity index (χ3v) is 4.39. The summed E-state index contributed by atoms with van der Waals surface area (Å²) in [6.07, 6.45) is 2.31. The number of carbonyl (C=O) groups is 2. The average molecular weight is 350 g/mol. The second kappa shape index (κ2) is 7.44. The number of furan rings is 1. The quantitative estimate of drug-likeness (QED) is 0.707. The van der Waals surface area contributed by atoms with E-state index in [-0.39, 0.29) is 18.2 Å². The second-order valence-electron chi connectivity index (χ2n) is 6.40. The van der Waals surface area contributed by atoms with Gasteiger partial charge in [-0.1, -0.05) is 6.92 Å². The van der Waals surface area contributed by atoms with Crippen molar-refractivity contribution in [3.63, 3.8) is 0 Å². The van der Waals surface area contributed by atoms with E-state index in [9.17, 15) is 9.59 Å². The number of nitrogens with one attached hydrogen (secondary N) is 2. The molecule has 0 unspecified atom stereocenters. The van der Waals surface area contributed by atoms with Crippen molar-refractivity contribution in [2.24, 2.45) is 0 Å². The summed E-state index contributed by atoms with van der Waals surface area (Å²) >= 11 is 0. The third-order valence-electron chi connectivity index (χ3n) is 4.39. The zero-order valence-electron chi connectivity index (χ0n) is 15.2. The lowest BCUT2D eigenvalue weighted by atomic mass is 10.0. The van der Waals surface area contributed by atoms with E-state index in [2.05, 4.69) is 16.7 Å². The van der Waals surface area contributed by atoms with E-state index in [0.29, 0.717) is 17.8 Å². The zero-order chi connectivity index (χ0) is 18.7. The Labute approximate surface area is 152 Å². The van der Waals surface area contributed by atoms with Crippen molar-refractivity contribution in [1.82, 2.24) is 0 Å². The molecule has 0 saturated carbocycles. The smallest absolute Gasteiger partial charge is 0.228 e. The van der Waals surface area contributed by atoms with E-state index in [4.69, 9.17) is 4.42 Å². The molecule has 0 radical (unpaired) electrons. The van der Waals surface area contributed by atoms with Crippen LogP contribution in [0, 0.1) is 13.8 Å².